The lowest BCUT2D eigenvalue weighted by atomic mass is 10.2. The number of rotatable bonds is 2. The van der Waals surface area contributed by atoms with Crippen LogP contribution in [0.25, 0.3) is 0 Å². The zero-order chi connectivity index (χ0) is 12.4. The summed E-state index contributed by atoms with van der Waals surface area (Å²) in [5.74, 6) is 0.851. The summed E-state index contributed by atoms with van der Waals surface area (Å²) in [5.41, 5.74) is 5.65. The molecule has 1 fully saturated rings. The molecule has 1 aromatic heterocycles. The molecule has 1 aromatic rings. The molecule has 94 valence electrons. The second kappa shape index (κ2) is 5.03. The first-order valence-corrected chi connectivity index (χ1v) is 5.76. The number of aliphatic hydroxyl groups is 1. The van der Waals surface area contributed by atoms with Gasteiger partial charge in [-0.05, 0) is 6.92 Å². The fourth-order valence-corrected chi connectivity index (χ4v) is 2.00. The lowest BCUT2D eigenvalue weighted by Crippen LogP contribution is -2.50. The molecule has 0 spiro atoms. The number of aromatic nitrogens is 2. The maximum absolute atomic E-state index is 9.12. The van der Waals surface area contributed by atoms with E-state index in [-0.39, 0.29) is 24.6 Å². The highest BCUT2D eigenvalue weighted by Crippen LogP contribution is 2.29. The second-order valence-corrected chi connectivity index (χ2v) is 4.41. The van der Waals surface area contributed by atoms with Crippen LogP contribution in [-0.4, -0.2) is 47.0 Å². The zero-order valence-electron chi connectivity index (χ0n) is 9.51. The highest BCUT2D eigenvalue weighted by Gasteiger charge is 2.28. The molecule has 1 aliphatic heterocycles. The molecule has 0 radical (unpaired) electrons. The highest BCUT2D eigenvalue weighted by atomic mass is 35.5. The maximum atomic E-state index is 9.12. The molecule has 1 aliphatic rings. The van der Waals surface area contributed by atoms with E-state index in [2.05, 4.69) is 9.97 Å². The van der Waals surface area contributed by atoms with Gasteiger partial charge >= 0.3 is 0 Å². The summed E-state index contributed by atoms with van der Waals surface area (Å²) >= 11 is 6.09. The summed E-state index contributed by atoms with van der Waals surface area (Å²) < 4.78 is 5.45. The molecule has 2 atom stereocenters. The molecule has 6 nitrogen and oxygen atoms in total. The van der Waals surface area contributed by atoms with Gasteiger partial charge in [0.15, 0.2) is 5.82 Å². The molecule has 0 amide bonds. The van der Waals surface area contributed by atoms with Crippen LogP contribution >= 0.6 is 11.6 Å². The molecule has 0 aromatic carbocycles. The first-order valence-electron chi connectivity index (χ1n) is 5.38. The van der Waals surface area contributed by atoms with E-state index < -0.39 is 0 Å². The van der Waals surface area contributed by atoms with Gasteiger partial charge in [-0.25, -0.2) is 9.97 Å². The van der Waals surface area contributed by atoms with Gasteiger partial charge in [-0.15, -0.1) is 0 Å². The monoisotopic (exact) mass is 258 g/mol. The molecule has 0 bridgehead atoms. The van der Waals surface area contributed by atoms with Gasteiger partial charge in [0.05, 0.1) is 25.4 Å². The van der Waals surface area contributed by atoms with E-state index in [0.29, 0.717) is 24.0 Å². The van der Waals surface area contributed by atoms with Crippen molar-refractivity contribution in [2.24, 2.45) is 0 Å². The number of nitrogens with zero attached hydrogens (tertiary/aromatic N) is 3. The van der Waals surface area contributed by atoms with Crippen molar-refractivity contribution in [2.45, 2.75) is 19.1 Å². The van der Waals surface area contributed by atoms with Gasteiger partial charge in [-0.1, -0.05) is 11.6 Å². The molecule has 1 saturated heterocycles. The average molecular weight is 259 g/mol. The Hall–Kier alpha value is -1.11. The minimum Gasteiger partial charge on any atom is -0.394 e. The smallest absolute Gasteiger partial charge is 0.153 e. The van der Waals surface area contributed by atoms with E-state index in [1.807, 2.05) is 11.8 Å². The van der Waals surface area contributed by atoms with Gasteiger partial charge < -0.3 is 20.5 Å². The lowest BCUT2D eigenvalue weighted by Gasteiger charge is -2.38. The number of ether oxygens (including phenoxy) is 1. The van der Waals surface area contributed by atoms with Crippen molar-refractivity contribution < 1.29 is 9.84 Å². The van der Waals surface area contributed by atoms with Gasteiger partial charge in [-0.3, -0.25) is 0 Å². The third-order valence-corrected chi connectivity index (χ3v) is 3.14. The number of hydrogen-bond donors (Lipinski definition) is 2. The quantitative estimate of drug-likeness (QED) is 0.794. The topological polar surface area (TPSA) is 84.5 Å². The Labute approximate surface area is 104 Å². The van der Waals surface area contributed by atoms with E-state index in [1.54, 1.807) is 0 Å². The molecular weight excluding hydrogens is 244 g/mol. The number of nitrogens with two attached hydrogens (primary N) is 1. The molecule has 2 rings (SSSR count). The third-order valence-electron chi connectivity index (χ3n) is 2.78. The first kappa shape index (κ1) is 12.3. The Morgan fingerprint density at radius 2 is 2.41 bits per heavy atom. The summed E-state index contributed by atoms with van der Waals surface area (Å²) in [4.78, 5) is 9.95. The van der Waals surface area contributed by atoms with Crippen LogP contribution in [0.2, 0.25) is 5.02 Å². The van der Waals surface area contributed by atoms with E-state index in [4.69, 9.17) is 27.2 Å². The van der Waals surface area contributed by atoms with Crippen molar-refractivity contribution in [3.63, 3.8) is 0 Å². The fourth-order valence-electron chi connectivity index (χ4n) is 1.80. The largest absolute Gasteiger partial charge is 0.394 e. The molecule has 2 heterocycles. The molecule has 3 N–H and O–H groups in total. The summed E-state index contributed by atoms with van der Waals surface area (Å²) in [5, 5.41) is 9.47. The number of halogens is 1. The second-order valence-electron chi connectivity index (χ2n) is 4.04. The predicted molar refractivity (Wildman–Crippen MR) is 65.1 cm³/mol. The Morgan fingerprint density at radius 3 is 3.12 bits per heavy atom. The van der Waals surface area contributed by atoms with Crippen LogP contribution in [0.5, 0.6) is 0 Å². The minimum absolute atomic E-state index is 0.0264. The highest BCUT2D eigenvalue weighted by molar-refractivity contribution is 6.35. The normalized spacial score (nSPS) is 25.0. The molecular formula is C10H15ClN4O2. The molecule has 0 saturated carbocycles. The molecule has 2 unspecified atom stereocenters. The molecule has 17 heavy (non-hydrogen) atoms. The van der Waals surface area contributed by atoms with E-state index in [1.165, 1.54) is 6.33 Å². The van der Waals surface area contributed by atoms with Crippen LogP contribution in [0.15, 0.2) is 6.33 Å². The van der Waals surface area contributed by atoms with Crippen molar-refractivity contribution in [3.05, 3.63) is 11.3 Å². The van der Waals surface area contributed by atoms with Crippen LogP contribution in [0, 0.1) is 0 Å². The summed E-state index contributed by atoms with van der Waals surface area (Å²) in [6.45, 7) is 3.03. The van der Waals surface area contributed by atoms with Crippen molar-refractivity contribution in [1.29, 1.82) is 0 Å². The molecule has 0 aliphatic carbocycles. The molecule has 7 heteroatoms. The summed E-state index contributed by atoms with van der Waals surface area (Å²) in [6, 6.07) is 0.129. The Bertz CT molecular complexity index is 404. The van der Waals surface area contributed by atoms with Crippen LogP contribution < -0.4 is 10.6 Å². The van der Waals surface area contributed by atoms with Gasteiger partial charge in [0.1, 0.15) is 17.2 Å². The van der Waals surface area contributed by atoms with Gasteiger partial charge in [0, 0.05) is 6.54 Å². The van der Waals surface area contributed by atoms with Crippen LogP contribution in [0.3, 0.4) is 0 Å². The zero-order valence-corrected chi connectivity index (χ0v) is 10.3. The standard InChI is InChI=1S/C10H15ClN4O2/c1-6-4-17-7(3-16)2-15(6)10-8(11)9(12)13-5-14-10/h5-7,16H,2-4H2,1H3,(H2,12,13,14). The van der Waals surface area contributed by atoms with Crippen molar-refractivity contribution in [1.82, 2.24) is 9.97 Å². The number of aliphatic hydroxyl groups excluding tert-OH is 1. The van der Waals surface area contributed by atoms with E-state index in [0.717, 1.165) is 0 Å². The summed E-state index contributed by atoms with van der Waals surface area (Å²) in [7, 11) is 0. The Morgan fingerprint density at radius 1 is 1.65 bits per heavy atom. The number of morpholine rings is 1. The Kier molecular flexibility index (Phi) is 3.66. The Balaban J connectivity index is 2.27. The fraction of sp³-hybridized carbons (Fsp3) is 0.600. The van der Waals surface area contributed by atoms with Gasteiger partial charge in [-0.2, -0.15) is 0 Å². The van der Waals surface area contributed by atoms with E-state index >= 15 is 0 Å². The summed E-state index contributed by atoms with van der Waals surface area (Å²) in [6.07, 6.45) is 1.16. The first-order chi connectivity index (χ1) is 8.13. The van der Waals surface area contributed by atoms with Gasteiger partial charge in [0.25, 0.3) is 0 Å². The maximum Gasteiger partial charge on any atom is 0.153 e. The predicted octanol–water partition coefficient (Wildman–Crippen LogP) is 0.298. The number of hydrogen-bond acceptors (Lipinski definition) is 6. The number of nitrogen functional groups attached to an aromatic ring is 1. The van der Waals surface area contributed by atoms with Gasteiger partial charge in [0.2, 0.25) is 0 Å². The lowest BCUT2D eigenvalue weighted by molar-refractivity contribution is -0.0105. The third kappa shape index (κ3) is 2.43. The van der Waals surface area contributed by atoms with Crippen LogP contribution in [0.1, 0.15) is 6.92 Å². The van der Waals surface area contributed by atoms with Crippen molar-refractivity contribution >= 4 is 23.2 Å². The van der Waals surface area contributed by atoms with Crippen molar-refractivity contribution in [2.75, 3.05) is 30.4 Å². The minimum atomic E-state index is -0.224. The van der Waals surface area contributed by atoms with Crippen molar-refractivity contribution in [3.8, 4) is 0 Å². The average Bonchev–Trinajstić information content (AvgIpc) is 2.34. The van der Waals surface area contributed by atoms with E-state index in [9.17, 15) is 0 Å². The SMILES string of the molecule is CC1COC(CO)CN1c1ncnc(N)c1Cl. The van der Waals surface area contributed by atoms with Crippen LogP contribution in [0.4, 0.5) is 11.6 Å². The van der Waals surface area contributed by atoms with Crippen LogP contribution in [-0.2, 0) is 4.74 Å². The number of anilines is 2.